The standard InChI is InChI=1S/C17H16N2OS2/c1-2-6-14-12(4-1)5-3-7-15(14)22-11-16-18-17(19-20-16)13-8-9-21-10-13/h1-2,4,6,8-10,15H,3,5,7,11H2/t15-/m1/s1. The van der Waals surface area contributed by atoms with Crippen LogP contribution in [0, 0.1) is 0 Å². The van der Waals surface area contributed by atoms with Crippen molar-refractivity contribution >= 4 is 23.1 Å². The van der Waals surface area contributed by atoms with Crippen molar-refractivity contribution < 1.29 is 4.52 Å². The van der Waals surface area contributed by atoms with Gasteiger partial charge in [0.1, 0.15) is 0 Å². The Morgan fingerprint density at radius 3 is 3.14 bits per heavy atom. The van der Waals surface area contributed by atoms with E-state index in [0.29, 0.717) is 17.0 Å². The van der Waals surface area contributed by atoms with Gasteiger partial charge in [-0.1, -0.05) is 29.4 Å². The topological polar surface area (TPSA) is 38.9 Å². The van der Waals surface area contributed by atoms with E-state index in [0.717, 1.165) is 11.3 Å². The number of fused-ring (bicyclic) bond motifs is 1. The third-order valence-corrected chi connectivity index (χ3v) is 5.96. The molecule has 0 radical (unpaired) electrons. The lowest BCUT2D eigenvalue weighted by Gasteiger charge is -2.24. The molecule has 0 amide bonds. The zero-order valence-corrected chi connectivity index (χ0v) is 13.7. The molecule has 0 N–H and O–H groups in total. The molecule has 3 aromatic rings. The van der Waals surface area contributed by atoms with Crippen LogP contribution in [0.3, 0.4) is 0 Å². The van der Waals surface area contributed by atoms with E-state index >= 15 is 0 Å². The molecule has 2 heterocycles. The summed E-state index contributed by atoms with van der Waals surface area (Å²) in [5, 5.41) is 8.68. The Hall–Kier alpha value is -1.59. The van der Waals surface area contributed by atoms with Gasteiger partial charge in [0.05, 0.1) is 5.75 Å². The number of benzene rings is 1. The third-order valence-electron chi connectivity index (χ3n) is 3.97. The van der Waals surface area contributed by atoms with E-state index in [1.54, 1.807) is 11.3 Å². The maximum Gasteiger partial charge on any atom is 0.236 e. The van der Waals surface area contributed by atoms with Crippen molar-refractivity contribution in [1.29, 1.82) is 0 Å². The van der Waals surface area contributed by atoms with Gasteiger partial charge in [-0.05, 0) is 41.8 Å². The van der Waals surface area contributed by atoms with Crippen molar-refractivity contribution in [3.63, 3.8) is 0 Å². The Balaban J connectivity index is 1.45. The van der Waals surface area contributed by atoms with Crippen LogP contribution in [0.5, 0.6) is 0 Å². The van der Waals surface area contributed by atoms with E-state index in [2.05, 4.69) is 34.4 Å². The highest BCUT2D eigenvalue weighted by Crippen LogP contribution is 2.40. The number of aryl methyl sites for hydroxylation is 1. The van der Waals surface area contributed by atoms with Crippen molar-refractivity contribution in [1.82, 2.24) is 10.1 Å². The molecule has 3 nitrogen and oxygen atoms in total. The summed E-state index contributed by atoms with van der Waals surface area (Å²) >= 11 is 3.56. The summed E-state index contributed by atoms with van der Waals surface area (Å²) in [6.45, 7) is 0. The molecule has 0 fully saturated rings. The fourth-order valence-electron chi connectivity index (χ4n) is 2.88. The number of nitrogens with zero attached hydrogens (tertiary/aromatic N) is 2. The van der Waals surface area contributed by atoms with Crippen molar-refractivity contribution in [2.75, 3.05) is 0 Å². The quantitative estimate of drug-likeness (QED) is 0.667. The minimum Gasteiger partial charge on any atom is -0.338 e. The predicted octanol–water partition coefficient (Wildman–Crippen LogP) is 5.11. The Morgan fingerprint density at radius 1 is 1.27 bits per heavy atom. The number of aromatic nitrogens is 2. The molecule has 0 spiro atoms. The number of thiophene rings is 1. The summed E-state index contributed by atoms with van der Waals surface area (Å²) in [7, 11) is 0. The van der Waals surface area contributed by atoms with Crippen molar-refractivity contribution in [3.8, 4) is 11.4 Å². The average Bonchev–Trinajstić information content (AvgIpc) is 3.24. The number of thioether (sulfide) groups is 1. The van der Waals surface area contributed by atoms with E-state index in [9.17, 15) is 0 Å². The smallest absolute Gasteiger partial charge is 0.236 e. The summed E-state index contributed by atoms with van der Waals surface area (Å²) in [5.74, 6) is 2.19. The van der Waals surface area contributed by atoms with Gasteiger partial charge in [-0.3, -0.25) is 0 Å². The molecule has 0 saturated carbocycles. The maximum absolute atomic E-state index is 5.39. The number of hydrogen-bond acceptors (Lipinski definition) is 5. The summed E-state index contributed by atoms with van der Waals surface area (Å²) in [4.78, 5) is 4.50. The van der Waals surface area contributed by atoms with E-state index in [4.69, 9.17) is 4.52 Å². The van der Waals surface area contributed by atoms with Gasteiger partial charge in [0.25, 0.3) is 0 Å². The highest BCUT2D eigenvalue weighted by molar-refractivity contribution is 7.98. The molecule has 1 aliphatic rings. The number of rotatable bonds is 4. The Bertz CT molecular complexity index is 752. The highest BCUT2D eigenvalue weighted by Gasteiger charge is 2.21. The van der Waals surface area contributed by atoms with Gasteiger partial charge < -0.3 is 4.52 Å². The Kier molecular flexibility index (Phi) is 3.99. The first-order valence-electron chi connectivity index (χ1n) is 7.45. The Morgan fingerprint density at radius 2 is 2.23 bits per heavy atom. The highest BCUT2D eigenvalue weighted by atomic mass is 32.2. The van der Waals surface area contributed by atoms with Crippen LogP contribution in [0.4, 0.5) is 0 Å². The molecule has 1 atom stereocenters. The molecule has 1 aromatic carbocycles. The zero-order valence-electron chi connectivity index (χ0n) is 12.1. The summed E-state index contributed by atoms with van der Waals surface area (Å²) < 4.78 is 5.39. The van der Waals surface area contributed by atoms with Crippen LogP contribution in [0.1, 0.15) is 35.1 Å². The van der Waals surface area contributed by atoms with E-state index in [1.807, 2.05) is 28.6 Å². The van der Waals surface area contributed by atoms with Crippen LogP contribution in [0.15, 0.2) is 45.6 Å². The summed E-state index contributed by atoms with van der Waals surface area (Å²) in [6, 6.07) is 10.8. The van der Waals surface area contributed by atoms with Crippen LogP contribution in [-0.4, -0.2) is 10.1 Å². The second-order valence-electron chi connectivity index (χ2n) is 5.41. The average molecular weight is 328 g/mol. The van der Waals surface area contributed by atoms with Crippen molar-refractivity contribution in [2.45, 2.75) is 30.3 Å². The summed E-state index contributed by atoms with van der Waals surface area (Å²) in [6.07, 6.45) is 3.70. The molecule has 4 rings (SSSR count). The molecular formula is C17H16N2OS2. The van der Waals surface area contributed by atoms with Crippen molar-refractivity contribution in [3.05, 3.63) is 58.1 Å². The molecule has 22 heavy (non-hydrogen) atoms. The first-order chi connectivity index (χ1) is 10.9. The Labute approximate surface area is 137 Å². The molecular weight excluding hydrogens is 312 g/mol. The lowest BCUT2D eigenvalue weighted by Crippen LogP contribution is -2.07. The minimum atomic E-state index is 0.543. The second kappa shape index (κ2) is 6.26. The van der Waals surface area contributed by atoms with Crippen LogP contribution in [0.2, 0.25) is 0 Å². The van der Waals surface area contributed by atoms with Gasteiger partial charge in [0.15, 0.2) is 0 Å². The monoisotopic (exact) mass is 328 g/mol. The fraction of sp³-hybridized carbons (Fsp3) is 0.294. The van der Waals surface area contributed by atoms with Crippen molar-refractivity contribution in [2.24, 2.45) is 0 Å². The van der Waals surface area contributed by atoms with Gasteiger partial charge in [-0.25, -0.2) is 0 Å². The molecule has 0 unspecified atom stereocenters. The molecule has 5 heteroatoms. The molecule has 0 saturated heterocycles. The molecule has 0 bridgehead atoms. The lowest BCUT2D eigenvalue weighted by atomic mass is 9.91. The second-order valence-corrected chi connectivity index (χ2v) is 7.39. The van der Waals surface area contributed by atoms with Gasteiger partial charge in [0.2, 0.25) is 11.7 Å². The van der Waals surface area contributed by atoms with Gasteiger partial charge in [-0.2, -0.15) is 16.3 Å². The SMILES string of the molecule is c1ccc2c(c1)CCC[C@H]2SCc1nc(-c2ccsc2)no1. The van der Waals surface area contributed by atoms with Crippen LogP contribution in [0.25, 0.3) is 11.4 Å². The first kappa shape index (κ1) is 14.0. The van der Waals surface area contributed by atoms with Gasteiger partial charge >= 0.3 is 0 Å². The van der Waals surface area contributed by atoms with Gasteiger partial charge in [0, 0.05) is 16.2 Å². The van der Waals surface area contributed by atoms with E-state index in [-0.39, 0.29) is 0 Å². The number of hydrogen-bond donors (Lipinski definition) is 0. The molecule has 0 aliphatic heterocycles. The van der Waals surface area contributed by atoms with Crippen LogP contribution in [-0.2, 0) is 12.2 Å². The largest absolute Gasteiger partial charge is 0.338 e. The predicted molar refractivity (Wildman–Crippen MR) is 91.0 cm³/mol. The zero-order chi connectivity index (χ0) is 14.8. The first-order valence-corrected chi connectivity index (χ1v) is 9.44. The fourth-order valence-corrected chi connectivity index (χ4v) is 4.72. The van der Waals surface area contributed by atoms with Gasteiger partial charge in [-0.15, -0.1) is 11.8 Å². The molecule has 2 aromatic heterocycles. The minimum absolute atomic E-state index is 0.543. The molecule has 1 aliphatic carbocycles. The molecule has 112 valence electrons. The van der Waals surface area contributed by atoms with E-state index < -0.39 is 0 Å². The van der Waals surface area contributed by atoms with Crippen LogP contribution < -0.4 is 0 Å². The van der Waals surface area contributed by atoms with E-state index in [1.165, 1.54) is 30.4 Å². The lowest BCUT2D eigenvalue weighted by molar-refractivity contribution is 0.391. The third kappa shape index (κ3) is 2.83. The normalized spacial score (nSPS) is 17.4. The summed E-state index contributed by atoms with van der Waals surface area (Å²) in [5.41, 5.74) is 4.01. The van der Waals surface area contributed by atoms with Crippen LogP contribution >= 0.6 is 23.1 Å². The maximum atomic E-state index is 5.39.